The van der Waals surface area contributed by atoms with E-state index in [0.717, 1.165) is 13.0 Å². The number of hydrogen-bond donors (Lipinski definition) is 2. The number of aliphatic hydroxyl groups excluding tert-OH is 1. The van der Waals surface area contributed by atoms with Gasteiger partial charge < -0.3 is 15.3 Å². The van der Waals surface area contributed by atoms with Gasteiger partial charge in [-0.15, -0.1) is 0 Å². The third-order valence-corrected chi connectivity index (χ3v) is 6.34. The number of nitrogens with zero attached hydrogens (tertiary/aromatic N) is 4. The van der Waals surface area contributed by atoms with Crippen LogP contribution in [0.1, 0.15) is 40.1 Å². The molecule has 4 rings (SSSR count). The number of fused-ring (bicyclic) bond motifs is 1. The van der Waals surface area contributed by atoms with Crippen LogP contribution in [0.3, 0.4) is 0 Å². The molecule has 0 spiro atoms. The number of likely N-dealkylation sites (tertiary alicyclic amines) is 1. The number of benzene rings is 1. The lowest BCUT2D eigenvalue weighted by molar-refractivity contribution is -0.145. The monoisotopic (exact) mass is 491 g/mol. The fraction of sp³-hybridized carbons (Fsp3) is 0.500. The summed E-state index contributed by atoms with van der Waals surface area (Å²) >= 11 is 0. The van der Waals surface area contributed by atoms with Gasteiger partial charge in [-0.1, -0.05) is 24.3 Å². The van der Waals surface area contributed by atoms with Crippen molar-refractivity contribution in [1.29, 1.82) is 0 Å². The van der Waals surface area contributed by atoms with Crippen molar-refractivity contribution < 1.29 is 27.9 Å². The van der Waals surface area contributed by atoms with E-state index < -0.39 is 29.7 Å². The van der Waals surface area contributed by atoms with Gasteiger partial charge >= 0.3 is 6.18 Å². The molecule has 188 valence electrons. The highest BCUT2D eigenvalue weighted by Gasteiger charge is 2.37. The molecule has 1 fully saturated rings. The van der Waals surface area contributed by atoms with E-state index in [1.54, 1.807) is 4.90 Å². The Bertz CT molecular complexity index is 1090. The van der Waals surface area contributed by atoms with E-state index >= 15 is 0 Å². The summed E-state index contributed by atoms with van der Waals surface area (Å²) in [5, 5.41) is 12.9. The summed E-state index contributed by atoms with van der Waals surface area (Å²) in [6.45, 7) is 3.98. The summed E-state index contributed by atoms with van der Waals surface area (Å²) in [5.74, 6) is -2.30. The van der Waals surface area contributed by atoms with E-state index in [1.165, 1.54) is 24.1 Å². The number of hydrogen-bond acceptors (Lipinski definition) is 6. The van der Waals surface area contributed by atoms with Crippen molar-refractivity contribution in [3.63, 3.8) is 0 Å². The maximum atomic E-state index is 13.3. The van der Waals surface area contributed by atoms with Gasteiger partial charge in [0.15, 0.2) is 0 Å². The van der Waals surface area contributed by atoms with Gasteiger partial charge in [0.2, 0.25) is 11.7 Å². The highest BCUT2D eigenvalue weighted by molar-refractivity contribution is 5.92. The molecule has 2 aromatic rings. The zero-order chi connectivity index (χ0) is 25.2. The maximum absolute atomic E-state index is 13.3. The Balaban J connectivity index is 1.35. The summed E-state index contributed by atoms with van der Waals surface area (Å²) in [6.07, 6.45) is -4.63. The average Bonchev–Trinajstić information content (AvgIpc) is 2.78. The topological polar surface area (TPSA) is 98.7 Å². The predicted octanol–water partition coefficient (Wildman–Crippen LogP) is 1.67. The lowest BCUT2D eigenvalue weighted by Gasteiger charge is -2.38. The van der Waals surface area contributed by atoms with Crippen molar-refractivity contribution in [2.45, 2.75) is 38.6 Å². The van der Waals surface area contributed by atoms with Crippen LogP contribution in [0, 0.1) is 5.92 Å². The minimum absolute atomic E-state index is 0.0257. The van der Waals surface area contributed by atoms with Crippen LogP contribution in [0.5, 0.6) is 0 Å². The average molecular weight is 492 g/mol. The molecule has 0 aliphatic carbocycles. The van der Waals surface area contributed by atoms with E-state index in [4.69, 9.17) is 0 Å². The molecule has 0 saturated carbocycles. The van der Waals surface area contributed by atoms with E-state index in [9.17, 15) is 27.9 Å². The molecule has 2 aliphatic rings. The van der Waals surface area contributed by atoms with Crippen molar-refractivity contribution in [2.24, 2.45) is 5.92 Å². The summed E-state index contributed by atoms with van der Waals surface area (Å²) in [7, 11) is 0. The Morgan fingerprint density at radius 3 is 2.60 bits per heavy atom. The van der Waals surface area contributed by atoms with E-state index in [1.807, 2.05) is 18.2 Å². The van der Waals surface area contributed by atoms with Gasteiger partial charge in [-0.05, 0) is 36.0 Å². The van der Waals surface area contributed by atoms with Gasteiger partial charge in [-0.2, -0.15) is 13.2 Å². The zero-order valence-electron chi connectivity index (χ0n) is 19.4. The molecule has 0 bridgehead atoms. The minimum atomic E-state index is -4.81. The lowest BCUT2D eigenvalue weighted by Crippen LogP contribution is -2.49. The molecule has 0 unspecified atom stereocenters. The molecule has 1 saturated heterocycles. The summed E-state index contributed by atoms with van der Waals surface area (Å²) in [6, 6.07) is 9.33. The number of alkyl halides is 3. The molecule has 1 aromatic carbocycles. The summed E-state index contributed by atoms with van der Waals surface area (Å²) in [4.78, 5) is 34.6. The second-order valence-corrected chi connectivity index (χ2v) is 9.18. The largest absolute Gasteiger partial charge is 0.451 e. The first-order chi connectivity index (χ1) is 16.6. The third kappa shape index (κ3) is 6.34. The predicted molar refractivity (Wildman–Crippen MR) is 120 cm³/mol. The molecule has 2 aliphatic heterocycles. The molecular formula is C24H28F3N5O3. The Hall–Kier alpha value is -3.05. The summed E-state index contributed by atoms with van der Waals surface area (Å²) < 4.78 is 40.0. The fourth-order valence-corrected chi connectivity index (χ4v) is 4.47. The smallest absolute Gasteiger partial charge is 0.390 e. The third-order valence-electron chi connectivity index (χ3n) is 6.34. The van der Waals surface area contributed by atoms with Crippen molar-refractivity contribution in [3.05, 3.63) is 58.7 Å². The van der Waals surface area contributed by atoms with Crippen LogP contribution in [0.2, 0.25) is 0 Å². The van der Waals surface area contributed by atoms with Crippen LogP contribution < -0.4 is 5.32 Å². The molecule has 1 atom stereocenters. The first-order valence-corrected chi connectivity index (χ1v) is 11.5. The van der Waals surface area contributed by atoms with Gasteiger partial charge in [0.05, 0.1) is 6.10 Å². The standard InChI is InChI=1S/C24H28F3N5O3/c1-15(33)32-11-16(12-32)8-19-9-21(30-23(29-19)24(25,26)27)22(35)28-10-20(34)14-31-7-6-17-4-2-3-5-18(17)13-31/h2-5,9,16,20,34H,6-8,10-14H2,1H3,(H,28,35)/t20-/m0/s1. The normalized spacial score (nSPS) is 17.5. The van der Waals surface area contributed by atoms with E-state index in [2.05, 4.69) is 26.3 Å². The quantitative estimate of drug-likeness (QED) is 0.612. The Kier molecular flexibility index (Phi) is 7.36. The fourth-order valence-electron chi connectivity index (χ4n) is 4.47. The Labute approximate surface area is 201 Å². The van der Waals surface area contributed by atoms with Gasteiger partial charge in [0.1, 0.15) is 5.69 Å². The Morgan fingerprint density at radius 2 is 1.91 bits per heavy atom. The number of β-amino-alcohol motifs (C(OH)–C–C–N with tert-alkyl or cyclic N) is 1. The molecule has 3 heterocycles. The number of amides is 2. The number of aromatic nitrogens is 2. The minimum Gasteiger partial charge on any atom is -0.390 e. The number of carbonyl (C=O) groups excluding carboxylic acids is 2. The molecule has 2 N–H and O–H groups in total. The van der Waals surface area contributed by atoms with Gasteiger partial charge in [0.25, 0.3) is 5.91 Å². The maximum Gasteiger partial charge on any atom is 0.451 e. The number of aliphatic hydroxyl groups is 1. The van der Waals surface area contributed by atoms with Crippen LogP contribution in [0.25, 0.3) is 0 Å². The lowest BCUT2D eigenvalue weighted by atomic mass is 9.94. The molecule has 35 heavy (non-hydrogen) atoms. The van der Waals surface area contributed by atoms with Crippen molar-refractivity contribution in [3.8, 4) is 0 Å². The van der Waals surface area contributed by atoms with Gasteiger partial charge in [-0.25, -0.2) is 9.97 Å². The van der Waals surface area contributed by atoms with Crippen LogP contribution in [-0.4, -0.2) is 75.5 Å². The molecule has 1 aromatic heterocycles. The molecular weight excluding hydrogens is 463 g/mol. The van der Waals surface area contributed by atoms with Crippen LogP contribution in [0.4, 0.5) is 13.2 Å². The highest BCUT2D eigenvalue weighted by atomic mass is 19.4. The number of carbonyl (C=O) groups is 2. The first kappa shape index (κ1) is 25.1. The van der Waals surface area contributed by atoms with Crippen LogP contribution in [-0.2, 0) is 30.4 Å². The summed E-state index contributed by atoms with van der Waals surface area (Å²) in [5.41, 5.74) is 2.17. The van der Waals surface area contributed by atoms with Crippen molar-refractivity contribution >= 4 is 11.8 Å². The molecule has 2 amide bonds. The second kappa shape index (κ2) is 10.3. The molecule has 8 nitrogen and oxygen atoms in total. The number of rotatable bonds is 7. The second-order valence-electron chi connectivity index (χ2n) is 9.18. The molecule has 11 heteroatoms. The van der Waals surface area contributed by atoms with Gasteiger partial charge in [-0.3, -0.25) is 14.5 Å². The van der Waals surface area contributed by atoms with Crippen molar-refractivity contribution in [1.82, 2.24) is 25.1 Å². The van der Waals surface area contributed by atoms with Crippen molar-refractivity contribution in [2.75, 3.05) is 32.7 Å². The van der Waals surface area contributed by atoms with Crippen LogP contribution in [0.15, 0.2) is 30.3 Å². The SMILES string of the molecule is CC(=O)N1CC(Cc2cc(C(=O)NC[C@H](O)CN3CCc4ccccc4C3)nc(C(F)(F)F)n2)C1. The highest BCUT2D eigenvalue weighted by Crippen LogP contribution is 2.28. The zero-order valence-corrected chi connectivity index (χ0v) is 19.4. The first-order valence-electron chi connectivity index (χ1n) is 11.5. The number of nitrogens with one attached hydrogen (secondary N) is 1. The van der Waals surface area contributed by atoms with Gasteiger partial charge in [0, 0.05) is 51.9 Å². The van der Waals surface area contributed by atoms with E-state index in [-0.39, 0.29) is 30.5 Å². The molecule has 0 radical (unpaired) electrons. The Morgan fingerprint density at radius 1 is 1.20 bits per heavy atom. The number of halogens is 3. The van der Waals surface area contributed by atoms with Crippen LogP contribution >= 0.6 is 0 Å². The van der Waals surface area contributed by atoms with E-state index in [0.29, 0.717) is 26.2 Å².